The van der Waals surface area contributed by atoms with Crippen molar-refractivity contribution in [1.82, 2.24) is 4.90 Å². The standard InChI is InChI=1S/C17H28N2O4/c1-6-21-14-9-13(17(20)19(5)12(4)11-18)10-15(22-7-2)16(14)23-8-3/h9-10,12H,6-8,11,18H2,1-5H3. The highest BCUT2D eigenvalue weighted by Crippen LogP contribution is 2.39. The third-order valence-corrected chi connectivity index (χ3v) is 3.48. The fraction of sp³-hybridized carbons (Fsp3) is 0.588. The van der Waals surface area contributed by atoms with Crippen molar-refractivity contribution in [2.75, 3.05) is 33.4 Å². The summed E-state index contributed by atoms with van der Waals surface area (Å²) in [5.74, 6) is 1.42. The fourth-order valence-corrected chi connectivity index (χ4v) is 2.07. The zero-order chi connectivity index (χ0) is 17.4. The molecule has 6 nitrogen and oxygen atoms in total. The van der Waals surface area contributed by atoms with Crippen LogP contribution in [0.3, 0.4) is 0 Å². The van der Waals surface area contributed by atoms with E-state index in [-0.39, 0.29) is 11.9 Å². The van der Waals surface area contributed by atoms with Gasteiger partial charge in [0.15, 0.2) is 11.5 Å². The maximum atomic E-state index is 12.6. The summed E-state index contributed by atoms with van der Waals surface area (Å²) in [6.07, 6.45) is 0. The van der Waals surface area contributed by atoms with Gasteiger partial charge in [-0.05, 0) is 39.8 Å². The summed E-state index contributed by atoms with van der Waals surface area (Å²) in [5.41, 5.74) is 6.13. The Labute approximate surface area is 138 Å². The number of amides is 1. The number of ether oxygens (including phenoxy) is 3. The Morgan fingerprint density at radius 2 is 1.57 bits per heavy atom. The van der Waals surface area contributed by atoms with Gasteiger partial charge in [0.25, 0.3) is 5.91 Å². The Morgan fingerprint density at radius 3 is 1.96 bits per heavy atom. The summed E-state index contributed by atoms with van der Waals surface area (Å²) < 4.78 is 16.9. The molecule has 0 aliphatic heterocycles. The van der Waals surface area contributed by atoms with Gasteiger partial charge in [0, 0.05) is 25.2 Å². The van der Waals surface area contributed by atoms with E-state index in [1.54, 1.807) is 24.1 Å². The van der Waals surface area contributed by atoms with E-state index in [4.69, 9.17) is 19.9 Å². The molecule has 0 saturated heterocycles. The molecule has 1 aromatic rings. The summed E-state index contributed by atoms with van der Waals surface area (Å²) in [4.78, 5) is 14.3. The molecule has 0 spiro atoms. The molecular weight excluding hydrogens is 296 g/mol. The third kappa shape index (κ3) is 4.76. The molecule has 0 bridgehead atoms. The number of rotatable bonds is 9. The molecule has 0 heterocycles. The van der Waals surface area contributed by atoms with Crippen molar-refractivity contribution < 1.29 is 19.0 Å². The molecule has 2 N–H and O–H groups in total. The predicted molar refractivity (Wildman–Crippen MR) is 90.6 cm³/mol. The van der Waals surface area contributed by atoms with Gasteiger partial charge in [0.1, 0.15) is 0 Å². The first-order valence-corrected chi connectivity index (χ1v) is 8.03. The summed E-state index contributed by atoms with van der Waals surface area (Å²) in [6.45, 7) is 9.38. The molecule has 1 atom stereocenters. The lowest BCUT2D eigenvalue weighted by atomic mass is 10.1. The van der Waals surface area contributed by atoms with Gasteiger partial charge >= 0.3 is 0 Å². The topological polar surface area (TPSA) is 74.0 Å². The van der Waals surface area contributed by atoms with Crippen molar-refractivity contribution in [3.8, 4) is 17.2 Å². The average Bonchev–Trinajstić information content (AvgIpc) is 2.55. The molecule has 0 aliphatic carbocycles. The van der Waals surface area contributed by atoms with Gasteiger partial charge in [-0.1, -0.05) is 0 Å². The number of nitrogens with zero attached hydrogens (tertiary/aromatic N) is 1. The molecule has 1 unspecified atom stereocenters. The van der Waals surface area contributed by atoms with E-state index in [1.165, 1.54) is 0 Å². The van der Waals surface area contributed by atoms with E-state index in [9.17, 15) is 4.79 Å². The number of likely N-dealkylation sites (N-methyl/N-ethyl adjacent to an activating group) is 1. The molecule has 1 rings (SSSR count). The number of hydrogen-bond donors (Lipinski definition) is 1. The number of benzene rings is 1. The van der Waals surface area contributed by atoms with Gasteiger partial charge in [-0.2, -0.15) is 0 Å². The molecule has 23 heavy (non-hydrogen) atoms. The second-order valence-electron chi connectivity index (χ2n) is 5.10. The lowest BCUT2D eigenvalue weighted by Gasteiger charge is -2.24. The molecule has 1 aromatic carbocycles. The lowest BCUT2D eigenvalue weighted by molar-refractivity contribution is 0.0747. The molecule has 130 valence electrons. The highest BCUT2D eigenvalue weighted by Gasteiger charge is 2.22. The van der Waals surface area contributed by atoms with E-state index in [0.29, 0.717) is 49.2 Å². The van der Waals surface area contributed by atoms with Crippen molar-refractivity contribution in [3.05, 3.63) is 17.7 Å². The minimum absolute atomic E-state index is 0.0554. The first-order valence-electron chi connectivity index (χ1n) is 8.03. The predicted octanol–water partition coefficient (Wildman–Crippen LogP) is 2.30. The zero-order valence-corrected chi connectivity index (χ0v) is 14.7. The fourth-order valence-electron chi connectivity index (χ4n) is 2.07. The average molecular weight is 324 g/mol. The quantitative estimate of drug-likeness (QED) is 0.754. The Morgan fingerprint density at radius 1 is 1.09 bits per heavy atom. The maximum absolute atomic E-state index is 12.6. The smallest absolute Gasteiger partial charge is 0.254 e. The van der Waals surface area contributed by atoms with Crippen molar-refractivity contribution in [1.29, 1.82) is 0 Å². The van der Waals surface area contributed by atoms with Gasteiger partial charge in [0.05, 0.1) is 19.8 Å². The number of carbonyl (C=O) groups excluding carboxylic acids is 1. The van der Waals surface area contributed by atoms with Crippen LogP contribution in [0.2, 0.25) is 0 Å². The molecule has 0 fully saturated rings. The summed E-state index contributed by atoms with van der Waals surface area (Å²) in [7, 11) is 1.73. The van der Waals surface area contributed by atoms with E-state index >= 15 is 0 Å². The van der Waals surface area contributed by atoms with E-state index in [1.807, 2.05) is 27.7 Å². The molecule has 0 saturated carbocycles. The maximum Gasteiger partial charge on any atom is 0.254 e. The van der Waals surface area contributed by atoms with Crippen LogP contribution < -0.4 is 19.9 Å². The van der Waals surface area contributed by atoms with Crippen LogP contribution in [0.25, 0.3) is 0 Å². The molecule has 1 amide bonds. The highest BCUT2D eigenvalue weighted by atomic mass is 16.5. The van der Waals surface area contributed by atoms with Crippen molar-refractivity contribution in [2.24, 2.45) is 5.73 Å². The lowest BCUT2D eigenvalue weighted by Crippen LogP contribution is -2.39. The number of nitrogens with two attached hydrogens (primary N) is 1. The zero-order valence-electron chi connectivity index (χ0n) is 14.7. The Hall–Kier alpha value is -1.95. The SMILES string of the molecule is CCOc1cc(C(=O)N(C)C(C)CN)cc(OCC)c1OCC. The summed E-state index contributed by atoms with van der Waals surface area (Å²) >= 11 is 0. The van der Waals surface area contributed by atoms with Gasteiger partial charge in [-0.25, -0.2) is 0 Å². The van der Waals surface area contributed by atoms with Crippen LogP contribution >= 0.6 is 0 Å². The van der Waals surface area contributed by atoms with Gasteiger partial charge < -0.3 is 24.8 Å². The van der Waals surface area contributed by atoms with Crippen molar-refractivity contribution in [2.45, 2.75) is 33.7 Å². The first-order chi connectivity index (χ1) is 11.0. The van der Waals surface area contributed by atoms with Gasteiger partial charge in [-0.15, -0.1) is 0 Å². The highest BCUT2D eigenvalue weighted by molar-refractivity contribution is 5.95. The molecule has 0 aliphatic rings. The Kier molecular flexibility index (Phi) is 7.68. The van der Waals surface area contributed by atoms with E-state index in [0.717, 1.165) is 0 Å². The second kappa shape index (κ2) is 9.25. The van der Waals surface area contributed by atoms with E-state index < -0.39 is 0 Å². The second-order valence-corrected chi connectivity index (χ2v) is 5.10. The third-order valence-electron chi connectivity index (χ3n) is 3.48. The Balaban J connectivity index is 3.29. The van der Waals surface area contributed by atoms with E-state index in [2.05, 4.69) is 0 Å². The van der Waals surface area contributed by atoms with Gasteiger partial charge in [0.2, 0.25) is 5.75 Å². The normalized spacial score (nSPS) is 11.7. The molecule has 0 aromatic heterocycles. The van der Waals surface area contributed by atoms with Crippen LogP contribution in [0.5, 0.6) is 17.2 Å². The molecule has 6 heteroatoms. The molecular formula is C17H28N2O4. The number of carbonyl (C=O) groups is 1. The first kappa shape index (κ1) is 19.1. The molecule has 0 radical (unpaired) electrons. The van der Waals surface area contributed by atoms with Gasteiger partial charge in [-0.3, -0.25) is 4.79 Å². The van der Waals surface area contributed by atoms with Crippen LogP contribution in [0.4, 0.5) is 0 Å². The summed E-state index contributed by atoms with van der Waals surface area (Å²) in [6, 6.07) is 3.33. The van der Waals surface area contributed by atoms with Crippen molar-refractivity contribution in [3.63, 3.8) is 0 Å². The van der Waals surface area contributed by atoms with Crippen LogP contribution in [-0.2, 0) is 0 Å². The minimum atomic E-state index is -0.132. The van der Waals surface area contributed by atoms with Crippen LogP contribution in [0.15, 0.2) is 12.1 Å². The Bertz CT molecular complexity index is 492. The van der Waals surface area contributed by atoms with Crippen LogP contribution in [-0.4, -0.2) is 50.3 Å². The monoisotopic (exact) mass is 324 g/mol. The van der Waals surface area contributed by atoms with Crippen LogP contribution in [0.1, 0.15) is 38.1 Å². The van der Waals surface area contributed by atoms with Crippen LogP contribution in [0, 0.1) is 0 Å². The largest absolute Gasteiger partial charge is 0.490 e. The number of hydrogen-bond acceptors (Lipinski definition) is 5. The minimum Gasteiger partial charge on any atom is -0.490 e. The summed E-state index contributed by atoms with van der Waals surface area (Å²) in [5, 5.41) is 0. The van der Waals surface area contributed by atoms with Crippen molar-refractivity contribution >= 4 is 5.91 Å².